The summed E-state index contributed by atoms with van der Waals surface area (Å²) in [6.07, 6.45) is 1.09. The van der Waals surface area contributed by atoms with Crippen LogP contribution in [0.15, 0.2) is 47.4 Å². The number of carbonyl (C=O) groups excluding carboxylic acids is 1. The Hall–Kier alpha value is -2.96. The second-order valence-corrected chi connectivity index (χ2v) is 7.22. The van der Waals surface area contributed by atoms with E-state index in [0.29, 0.717) is 5.92 Å². The molecular formula is C20H25N3O4. The summed E-state index contributed by atoms with van der Waals surface area (Å²) in [7, 11) is 0. The minimum absolute atomic E-state index is 0.140. The smallest absolute Gasteiger partial charge is 0.285 e. The topological polar surface area (TPSA) is 94.2 Å². The number of nitrogens with zero attached hydrogens (tertiary/aromatic N) is 2. The average Bonchev–Trinajstić information content (AvgIpc) is 2.61. The minimum Gasteiger partial charge on any atom is -0.347 e. The number of hydrogen-bond acceptors (Lipinski definition) is 4. The monoisotopic (exact) mass is 371 g/mol. The summed E-state index contributed by atoms with van der Waals surface area (Å²) < 4.78 is 1.05. The van der Waals surface area contributed by atoms with Gasteiger partial charge in [-0.3, -0.25) is 24.3 Å². The average molecular weight is 371 g/mol. The third kappa shape index (κ3) is 5.26. The fraction of sp³-hybridized carbons (Fsp3) is 0.400. The molecule has 27 heavy (non-hydrogen) atoms. The van der Waals surface area contributed by atoms with E-state index in [-0.39, 0.29) is 30.1 Å². The maximum Gasteiger partial charge on any atom is 0.285 e. The van der Waals surface area contributed by atoms with Crippen LogP contribution in [-0.4, -0.2) is 15.4 Å². The van der Waals surface area contributed by atoms with E-state index in [2.05, 4.69) is 19.2 Å². The molecule has 0 spiro atoms. The number of nitrogens with one attached hydrogen (secondary N) is 1. The molecule has 1 amide bonds. The van der Waals surface area contributed by atoms with Gasteiger partial charge in [-0.15, -0.1) is 0 Å². The van der Waals surface area contributed by atoms with Crippen molar-refractivity contribution in [2.24, 2.45) is 5.92 Å². The van der Waals surface area contributed by atoms with Crippen molar-refractivity contribution >= 4 is 11.6 Å². The van der Waals surface area contributed by atoms with Gasteiger partial charge in [0.15, 0.2) is 0 Å². The molecule has 1 unspecified atom stereocenters. The van der Waals surface area contributed by atoms with Gasteiger partial charge in [0.05, 0.1) is 17.2 Å². The third-order valence-electron chi connectivity index (χ3n) is 4.44. The van der Waals surface area contributed by atoms with Crippen molar-refractivity contribution in [1.82, 2.24) is 9.88 Å². The highest BCUT2D eigenvalue weighted by Gasteiger charge is 2.19. The summed E-state index contributed by atoms with van der Waals surface area (Å²) in [6.45, 7) is 7.97. The Bertz CT molecular complexity index is 870. The first-order valence-corrected chi connectivity index (χ1v) is 8.93. The second kappa shape index (κ2) is 8.62. The lowest BCUT2D eigenvalue weighted by Gasteiger charge is -2.23. The number of carbonyl (C=O) groups is 1. The predicted molar refractivity (Wildman–Crippen MR) is 104 cm³/mol. The number of hydrogen-bond donors (Lipinski definition) is 1. The first kappa shape index (κ1) is 20.4. The molecule has 2 rings (SSSR count). The Balaban J connectivity index is 2.17. The lowest BCUT2D eigenvalue weighted by molar-refractivity contribution is -0.385. The summed E-state index contributed by atoms with van der Waals surface area (Å²) in [4.78, 5) is 34.6. The Labute approximate surface area is 158 Å². The molecule has 0 aliphatic carbocycles. The van der Waals surface area contributed by atoms with Crippen molar-refractivity contribution in [3.05, 3.63) is 74.2 Å². The lowest BCUT2D eigenvalue weighted by Crippen LogP contribution is -2.36. The van der Waals surface area contributed by atoms with E-state index in [1.54, 1.807) is 0 Å². The van der Waals surface area contributed by atoms with E-state index in [0.717, 1.165) is 28.5 Å². The van der Waals surface area contributed by atoms with Crippen molar-refractivity contribution in [2.45, 2.75) is 46.2 Å². The SMILES string of the molecule is CC(C)c1ccc(C(NC(=O)Cn2cc([N+](=O)[O-])ccc2=O)C(C)C)cc1. The van der Waals surface area contributed by atoms with Crippen LogP contribution in [0, 0.1) is 16.0 Å². The Kier molecular flexibility index (Phi) is 6.50. The van der Waals surface area contributed by atoms with E-state index >= 15 is 0 Å². The van der Waals surface area contributed by atoms with Crippen molar-refractivity contribution in [2.75, 3.05) is 0 Å². The van der Waals surface area contributed by atoms with Gasteiger partial charge in [-0.25, -0.2) is 0 Å². The Morgan fingerprint density at radius 1 is 1.07 bits per heavy atom. The first-order chi connectivity index (χ1) is 12.7. The molecule has 144 valence electrons. The van der Waals surface area contributed by atoms with Crippen LogP contribution in [0.1, 0.15) is 50.8 Å². The summed E-state index contributed by atoms with van der Waals surface area (Å²) >= 11 is 0. The van der Waals surface area contributed by atoms with Crippen molar-refractivity contribution in [1.29, 1.82) is 0 Å². The van der Waals surface area contributed by atoms with Crippen LogP contribution in [0.25, 0.3) is 0 Å². The standard InChI is InChI=1S/C20H25N3O4/c1-13(2)15-5-7-16(8-6-15)20(14(3)4)21-18(24)12-22-11-17(23(26)27)9-10-19(22)25/h5-11,13-14,20H,12H2,1-4H3,(H,21,24). The maximum absolute atomic E-state index is 12.5. The molecule has 7 heteroatoms. The maximum atomic E-state index is 12.5. The largest absolute Gasteiger partial charge is 0.347 e. The molecule has 1 atom stereocenters. The van der Waals surface area contributed by atoms with Crippen LogP contribution in [-0.2, 0) is 11.3 Å². The van der Waals surface area contributed by atoms with Crippen LogP contribution in [0.5, 0.6) is 0 Å². The summed E-state index contributed by atoms with van der Waals surface area (Å²) in [5, 5.41) is 13.8. The molecular weight excluding hydrogens is 346 g/mol. The van der Waals surface area contributed by atoms with Gasteiger partial charge in [0.25, 0.3) is 11.2 Å². The first-order valence-electron chi connectivity index (χ1n) is 8.93. The second-order valence-electron chi connectivity index (χ2n) is 7.22. The molecule has 0 saturated carbocycles. The quantitative estimate of drug-likeness (QED) is 0.596. The Morgan fingerprint density at radius 2 is 1.67 bits per heavy atom. The molecule has 0 fully saturated rings. The highest BCUT2D eigenvalue weighted by atomic mass is 16.6. The lowest BCUT2D eigenvalue weighted by atomic mass is 9.93. The van der Waals surface area contributed by atoms with Crippen LogP contribution in [0.2, 0.25) is 0 Å². The molecule has 0 aliphatic rings. The minimum atomic E-state index is -0.596. The van der Waals surface area contributed by atoms with Gasteiger partial charge in [0.1, 0.15) is 6.54 Å². The fourth-order valence-corrected chi connectivity index (χ4v) is 2.85. The van der Waals surface area contributed by atoms with Gasteiger partial charge in [0.2, 0.25) is 5.91 Å². The molecule has 0 bridgehead atoms. The number of amides is 1. The van der Waals surface area contributed by atoms with Gasteiger partial charge >= 0.3 is 0 Å². The van der Waals surface area contributed by atoms with Crippen molar-refractivity contribution < 1.29 is 9.72 Å². The van der Waals surface area contributed by atoms with E-state index in [4.69, 9.17) is 0 Å². The van der Waals surface area contributed by atoms with E-state index in [1.165, 1.54) is 5.56 Å². The van der Waals surface area contributed by atoms with Crippen LogP contribution in [0.3, 0.4) is 0 Å². The van der Waals surface area contributed by atoms with E-state index < -0.39 is 10.5 Å². The molecule has 1 heterocycles. The van der Waals surface area contributed by atoms with Crippen molar-refractivity contribution in [3.63, 3.8) is 0 Å². The Morgan fingerprint density at radius 3 is 2.19 bits per heavy atom. The number of nitro groups is 1. The van der Waals surface area contributed by atoms with Gasteiger partial charge in [-0.05, 0) is 23.0 Å². The van der Waals surface area contributed by atoms with Gasteiger partial charge in [-0.1, -0.05) is 52.0 Å². The van der Waals surface area contributed by atoms with Gasteiger partial charge in [0, 0.05) is 12.1 Å². The number of aromatic nitrogens is 1. The number of pyridine rings is 1. The number of benzene rings is 1. The normalized spacial score (nSPS) is 12.2. The summed E-state index contributed by atoms with van der Waals surface area (Å²) in [5.74, 6) is 0.191. The zero-order valence-electron chi connectivity index (χ0n) is 16.0. The summed E-state index contributed by atoms with van der Waals surface area (Å²) in [5.41, 5.74) is 1.51. The van der Waals surface area contributed by atoms with Gasteiger partial charge < -0.3 is 5.32 Å². The zero-order chi connectivity index (χ0) is 20.1. The van der Waals surface area contributed by atoms with Crippen LogP contribution < -0.4 is 10.9 Å². The summed E-state index contributed by atoms with van der Waals surface area (Å²) in [6, 6.07) is 10.1. The molecule has 1 N–H and O–H groups in total. The molecule has 0 saturated heterocycles. The molecule has 0 aliphatic heterocycles. The molecule has 7 nitrogen and oxygen atoms in total. The highest BCUT2D eigenvalue weighted by Crippen LogP contribution is 2.24. The third-order valence-corrected chi connectivity index (χ3v) is 4.44. The van der Waals surface area contributed by atoms with Crippen molar-refractivity contribution in [3.8, 4) is 0 Å². The molecule has 1 aromatic heterocycles. The number of rotatable bonds is 7. The van der Waals surface area contributed by atoms with E-state index in [9.17, 15) is 19.7 Å². The fourth-order valence-electron chi connectivity index (χ4n) is 2.85. The molecule has 2 aromatic rings. The predicted octanol–water partition coefficient (Wildman–Crippen LogP) is 3.39. The zero-order valence-corrected chi connectivity index (χ0v) is 16.0. The molecule has 0 radical (unpaired) electrons. The van der Waals surface area contributed by atoms with Crippen LogP contribution >= 0.6 is 0 Å². The van der Waals surface area contributed by atoms with Gasteiger partial charge in [-0.2, -0.15) is 0 Å². The molecule has 1 aromatic carbocycles. The van der Waals surface area contributed by atoms with Crippen LogP contribution in [0.4, 0.5) is 5.69 Å². The highest BCUT2D eigenvalue weighted by molar-refractivity contribution is 5.76. The van der Waals surface area contributed by atoms with E-state index in [1.807, 2.05) is 38.1 Å².